The Morgan fingerprint density at radius 3 is 2.26 bits per heavy atom. The second-order valence-corrected chi connectivity index (χ2v) is 11.0. The molecule has 0 radical (unpaired) electrons. The number of carbonyl (C=O) groups excluding carboxylic acids is 2. The Morgan fingerprint density at radius 2 is 1.69 bits per heavy atom. The van der Waals surface area contributed by atoms with Crippen LogP contribution in [0.1, 0.15) is 45.1 Å². The molecular weight excluding hydrogens is 509 g/mol. The van der Waals surface area contributed by atoms with Gasteiger partial charge in [-0.25, -0.2) is 8.42 Å². The molecule has 1 N–H and O–H groups in total. The fourth-order valence-corrected chi connectivity index (χ4v) is 4.99. The van der Waals surface area contributed by atoms with E-state index in [1.54, 1.807) is 41.3 Å². The standard InChI is InChI=1S/C25H33Cl2N3O4S/c1-4-16-28-25(32)23(5-2)29(18-19-9-6-7-10-22(19)27)24(31)11-8-17-30(35(3,33)34)21-14-12-20(26)13-15-21/h6-7,9-10,12-15,23H,4-5,8,11,16-18H2,1-3H3,(H,28,32). The zero-order valence-corrected chi connectivity index (χ0v) is 22.7. The summed E-state index contributed by atoms with van der Waals surface area (Å²) in [6.07, 6.45) is 2.69. The number of nitrogens with zero attached hydrogens (tertiary/aromatic N) is 2. The van der Waals surface area contributed by atoms with Gasteiger partial charge in [0.05, 0.1) is 11.9 Å². The second-order valence-electron chi connectivity index (χ2n) is 8.24. The molecule has 0 aromatic heterocycles. The van der Waals surface area contributed by atoms with Crippen LogP contribution >= 0.6 is 23.2 Å². The maximum Gasteiger partial charge on any atom is 0.242 e. The number of amides is 2. The Balaban J connectivity index is 2.20. The van der Waals surface area contributed by atoms with Gasteiger partial charge in [0.25, 0.3) is 0 Å². The van der Waals surface area contributed by atoms with Gasteiger partial charge >= 0.3 is 0 Å². The summed E-state index contributed by atoms with van der Waals surface area (Å²) in [5.41, 5.74) is 1.21. The Labute approximate surface area is 218 Å². The normalized spacial score (nSPS) is 12.1. The molecule has 0 aliphatic rings. The van der Waals surface area contributed by atoms with Crippen LogP contribution in [0, 0.1) is 0 Å². The molecular formula is C25H33Cl2N3O4S. The third kappa shape index (κ3) is 8.70. The number of sulfonamides is 1. The Kier molecular flexibility index (Phi) is 11.3. The third-order valence-electron chi connectivity index (χ3n) is 5.50. The number of benzene rings is 2. The van der Waals surface area contributed by atoms with Crippen LogP contribution in [0.2, 0.25) is 10.0 Å². The number of hydrogen-bond donors (Lipinski definition) is 1. The quantitative estimate of drug-likeness (QED) is 0.391. The van der Waals surface area contributed by atoms with Gasteiger partial charge in [-0.05, 0) is 55.2 Å². The van der Waals surface area contributed by atoms with Gasteiger partial charge in [-0.15, -0.1) is 0 Å². The first-order valence-electron chi connectivity index (χ1n) is 11.6. The molecule has 0 spiro atoms. The lowest BCUT2D eigenvalue weighted by Gasteiger charge is -2.31. The van der Waals surface area contributed by atoms with Crippen molar-refractivity contribution >= 4 is 50.7 Å². The summed E-state index contributed by atoms with van der Waals surface area (Å²) in [5.74, 6) is -0.457. The van der Waals surface area contributed by atoms with Gasteiger partial charge in [-0.1, -0.05) is 55.2 Å². The first kappa shape index (κ1) is 28.9. The number of carbonyl (C=O) groups is 2. The molecule has 0 heterocycles. The molecule has 2 amide bonds. The van der Waals surface area contributed by atoms with Crippen LogP contribution < -0.4 is 9.62 Å². The smallest absolute Gasteiger partial charge is 0.242 e. The van der Waals surface area contributed by atoms with Gasteiger partial charge in [0.15, 0.2) is 0 Å². The Morgan fingerprint density at radius 1 is 1.03 bits per heavy atom. The highest BCUT2D eigenvalue weighted by atomic mass is 35.5. The highest BCUT2D eigenvalue weighted by Gasteiger charge is 2.29. The van der Waals surface area contributed by atoms with E-state index in [1.165, 1.54) is 4.31 Å². The summed E-state index contributed by atoms with van der Waals surface area (Å²) >= 11 is 12.3. The van der Waals surface area contributed by atoms with Crippen molar-refractivity contribution in [2.75, 3.05) is 23.7 Å². The monoisotopic (exact) mass is 541 g/mol. The average molecular weight is 543 g/mol. The van der Waals surface area contributed by atoms with Gasteiger partial charge < -0.3 is 10.2 Å². The summed E-state index contributed by atoms with van der Waals surface area (Å²) in [4.78, 5) is 27.8. The van der Waals surface area contributed by atoms with Crippen molar-refractivity contribution in [3.8, 4) is 0 Å². The Hall–Kier alpha value is -2.29. The summed E-state index contributed by atoms with van der Waals surface area (Å²) in [6, 6.07) is 13.0. The van der Waals surface area contributed by atoms with Crippen LogP contribution in [0.5, 0.6) is 0 Å². The van der Waals surface area contributed by atoms with Crippen molar-refractivity contribution in [3.05, 3.63) is 64.1 Å². The molecule has 0 saturated carbocycles. The van der Waals surface area contributed by atoms with Crippen molar-refractivity contribution in [1.82, 2.24) is 10.2 Å². The van der Waals surface area contributed by atoms with E-state index < -0.39 is 16.1 Å². The molecule has 0 saturated heterocycles. The second kappa shape index (κ2) is 13.7. The number of hydrogen-bond acceptors (Lipinski definition) is 4. The minimum atomic E-state index is -3.56. The molecule has 1 unspecified atom stereocenters. The van der Waals surface area contributed by atoms with Crippen molar-refractivity contribution < 1.29 is 18.0 Å². The fraction of sp³-hybridized carbons (Fsp3) is 0.440. The van der Waals surface area contributed by atoms with Crippen molar-refractivity contribution in [3.63, 3.8) is 0 Å². The largest absolute Gasteiger partial charge is 0.354 e. The van der Waals surface area contributed by atoms with Gasteiger partial charge in [0, 0.05) is 36.1 Å². The topological polar surface area (TPSA) is 86.8 Å². The highest BCUT2D eigenvalue weighted by molar-refractivity contribution is 7.92. The molecule has 0 fully saturated rings. The van der Waals surface area contributed by atoms with E-state index in [4.69, 9.17) is 23.2 Å². The highest BCUT2D eigenvalue weighted by Crippen LogP contribution is 2.23. The van der Waals surface area contributed by atoms with E-state index in [2.05, 4.69) is 5.32 Å². The molecule has 1 atom stereocenters. The number of nitrogens with one attached hydrogen (secondary N) is 1. The number of halogens is 2. The molecule has 35 heavy (non-hydrogen) atoms. The third-order valence-corrected chi connectivity index (χ3v) is 7.32. The predicted octanol–water partition coefficient (Wildman–Crippen LogP) is 4.87. The zero-order valence-electron chi connectivity index (χ0n) is 20.3. The first-order chi connectivity index (χ1) is 16.6. The van der Waals surface area contributed by atoms with Gasteiger partial charge in [-0.2, -0.15) is 0 Å². The van der Waals surface area contributed by atoms with Crippen LogP contribution in [0.15, 0.2) is 48.5 Å². The summed E-state index contributed by atoms with van der Waals surface area (Å²) in [5, 5.41) is 3.89. The molecule has 192 valence electrons. The lowest BCUT2D eigenvalue weighted by molar-refractivity contribution is -0.141. The molecule has 2 aromatic rings. The first-order valence-corrected chi connectivity index (χ1v) is 14.2. The van der Waals surface area contributed by atoms with Gasteiger partial charge in [0.1, 0.15) is 6.04 Å². The van der Waals surface area contributed by atoms with Gasteiger partial charge in [-0.3, -0.25) is 13.9 Å². The summed E-state index contributed by atoms with van der Waals surface area (Å²) in [6.45, 7) is 4.64. The van der Waals surface area contributed by atoms with E-state index in [9.17, 15) is 18.0 Å². The molecule has 7 nitrogen and oxygen atoms in total. The molecule has 0 aliphatic heterocycles. The Bertz CT molecular complexity index is 1090. The molecule has 2 aromatic carbocycles. The van der Waals surface area contributed by atoms with Crippen molar-refractivity contribution in [1.29, 1.82) is 0 Å². The van der Waals surface area contributed by atoms with Crippen LogP contribution in [0.25, 0.3) is 0 Å². The van der Waals surface area contributed by atoms with Crippen molar-refractivity contribution in [2.45, 2.75) is 52.1 Å². The predicted molar refractivity (Wildman–Crippen MR) is 142 cm³/mol. The summed E-state index contributed by atoms with van der Waals surface area (Å²) in [7, 11) is -3.56. The average Bonchev–Trinajstić information content (AvgIpc) is 2.81. The maximum atomic E-state index is 13.4. The van der Waals surface area contributed by atoms with E-state index >= 15 is 0 Å². The molecule has 0 bridgehead atoms. The van der Waals surface area contributed by atoms with E-state index in [0.717, 1.165) is 18.2 Å². The minimum Gasteiger partial charge on any atom is -0.354 e. The SMILES string of the molecule is CCCNC(=O)C(CC)N(Cc1ccccc1Cl)C(=O)CCCN(c1ccc(Cl)cc1)S(C)(=O)=O. The van der Waals surface area contributed by atoms with E-state index in [-0.39, 0.29) is 37.7 Å². The zero-order chi connectivity index (χ0) is 26.0. The lowest BCUT2D eigenvalue weighted by Crippen LogP contribution is -2.49. The van der Waals surface area contributed by atoms with Crippen molar-refractivity contribution in [2.24, 2.45) is 0 Å². The van der Waals surface area contributed by atoms with Crippen LogP contribution in [-0.2, 0) is 26.2 Å². The van der Waals surface area contributed by atoms with Crippen LogP contribution in [-0.4, -0.2) is 50.5 Å². The van der Waals surface area contributed by atoms with Gasteiger partial charge in [0.2, 0.25) is 21.8 Å². The van der Waals surface area contributed by atoms with Crippen LogP contribution in [0.3, 0.4) is 0 Å². The molecule has 10 heteroatoms. The van der Waals surface area contributed by atoms with E-state index in [1.807, 2.05) is 26.0 Å². The fourth-order valence-electron chi connectivity index (χ4n) is 3.71. The lowest BCUT2D eigenvalue weighted by atomic mass is 10.1. The number of rotatable bonds is 13. The molecule has 0 aliphatic carbocycles. The maximum absolute atomic E-state index is 13.4. The van der Waals surface area contributed by atoms with E-state index in [0.29, 0.717) is 28.7 Å². The molecule has 2 rings (SSSR count). The minimum absolute atomic E-state index is 0.0711. The van der Waals surface area contributed by atoms with Crippen LogP contribution in [0.4, 0.5) is 5.69 Å². The number of anilines is 1. The summed E-state index contributed by atoms with van der Waals surface area (Å²) < 4.78 is 26.0.